The second-order valence-corrected chi connectivity index (χ2v) is 14.5. The number of piperazine rings is 1. The lowest BCUT2D eigenvalue weighted by Gasteiger charge is -2.32. The van der Waals surface area contributed by atoms with Gasteiger partial charge in [0.15, 0.2) is 11.6 Å². The van der Waals surface area contributed by atoms with E-state index in [1.807, 2.05) is 23.9 Å². The van der Waals surface area contributed by atoms with Gasteiger partial charge < -0.3 is 9.80 Å². The van der Waals surface area contributed by atoms with Gasteiger partial charge in [0.1, 0.15) is 15.6 Å². The summed E-state index contributed by atoms with van der Waals surface area (Å²) < 4.78 is 86.0. The Morgan fingerprint density at radius 3 is 2.20 bits per heavy atom. The Kier molecular flexibility index (Phi) is 10.7. The third-order valence-electron chi connectivity index (χ3n) is 6.63. The highest BCUT2D eigenvalue weighted by Gasteiger charge is 2.38. The van der Waals surface area contributed by atoms with Gasteiger partial charge in [-0.25, -0.2) is 29.9 Å². The van der Waals surface area contributed by atoms with Gasteiger partial charge in [-0.05, 0) is 52.3 Å². The Morgan fingerprint density at radius 1 is 1.02 bits per heavy atom. The Hall–Kier alpha value is -2.04. The number of carbonyl (C=O) groups excluding carboxylic acids is 2. The van der Waals surface area contributed by atoms with Crippen molar-refractivity contribution in [2.45, 2.75) is 16.2 Å². The lowest BCUT2D eigenvalue weighted by Crippen LogP contribution is -2.47. The van der Waals surface area contributed by atoms with E-state index in [4.69, 9.17) is 23.2 Å². The molecule has 1 heterocycles. The molecule has 1 radical (unpaired) electrons. The van der Waals surface area contributed by atoms with Crippen LogP contribution in [0.5, 0.6) is 0 Å². The average molecular weight is 655 g/mol. The quantitative estimate of drug-likeness (QED) is 0.340. The summed E-state index contributed by atoms with van der Waals surface area (Å²) >= 11 is 12.6. The molecule has 2 aromatic carbocycles. The molecule has 2 aromatic rings. The number of likely N-dealkylation sites (N-methyl/N-ethyl adjacent to an activating group) is 1. The van der Waals surface area contributed by atoms with Crippen LogP contribution >= 0.6 is 23.2 Å². The number of sulfonamides is 2. The van der Waals surface area contributed by atoms with Crippen molar-refractivity contribution in [1.29, 1.82) is 0 Å². The highest BCUT2D eigenvalue weighted by molar-refractivity contribution is 7.89. The summed E-state index contributed by atoms with van der Waals surface area (Å²) in [5.41, 5.74) is -2.98. The minimum atomic E-state index is -4.80. The molecule has 1 saturated heterocycles. The van der Waals surface area contributed by atoms with Gasteiger partial charge in [0.05, 0.1) is 21.2 Å². The van der Waals surface area contributed by atoms with Crippen molar-refractivity contribution in [1.82, 2.24) is 18.4 Å². The smallest absolute Gasteiger partial charge is 0.246 e. The van der Waals surface area contributed by atoms with Crippen LogP contribution in [0.15, 0.2) is 28.0 Å². The summed E-state index contributed by atoms with van der Waals surface area (Å²) in [6.07, 6.45) is 1.52. The second-order valence-electron chi connectivity index (χ2n) is 9.78. The molecule has 0 saturated carbocycles. The number of ketones is 1. The zero-order valence-corrected chi connectivity index (χ0v) is 25.9. The summed E-state index contributed by atoms with van der Waals surface area (Å²) in [6, 6.07) is 2.53. The average Bonchev–Trinajstić information content (AvgIpc) is 2.88. The van der Waals surface area contributed by atoms with Crippen molar-refractivity contribution in [3.8, 4) is 0 Å². The van der Waals surface area contributed by atoms with Crippen LogP contribution in [0.25, 0.3) is 0 Å². The van der Waals surface area contributed by atoms with Crippen molar-refractivity contribution in [2.75, 3.05) is 67.5 Å². The molecule has 3 rings (SSSR count). The molecule has 1 aliphatic rings. The molecule has 1 fully saturated rings. The van der Waals surface area contributed by atoms with Crippen LogP contribution in [0.1, 0.15) is 27.9 Å². The Morgan fingerprint density at radius 2 is 1.63 bits per heavy atom. The summed E-state index contributed by atoms with van der Waals surface area (Å²) in [7, 11) is -2.35. The second kappa shape index (κ2) is 13.1. The summed E-state index contributed by atoms with van der Waals surface area (Å²) in [6.45, 7) is 1.14. The molecule has 0 bridgehead atoms. The number of rotatable bonds is 11. The van der Waals surface area contributed by atoms with Crippen molar-refractivity contribution in [3.63, 3.8) is 0 Å². The van der Waals surface area contributed by atoms with Gasteiger partial charge in [0.2, 0.25) is 26.3 Å². The van der Waals surface area contributed by atoms with E-state index in [-0.39, 0.29) is 37.7 Å². The van der Waals surface area contributed by atoms with Crippen LogP contribution in [-0.4, -0.2) is 115 Å². The van der Waals surface area contributed by atoms with Crippen molar-refractivity contribution in [3.05, 3.63) is 56.6 Å². The third-order valence-corrected chi connectivity index (χ3v) is 11.3. The molecule has 225 valence electrons. The fraction of sp³-hybridized carbons (Fsp3) is 0.440. The third kappa shape index (κ3) is 6.80. The molecule has 0 spiro atoms. The van der Waals surface area contributed by atoms with Gasteiger partial charge in [-0.2, -0.15) is 4.31 Å². The first-order valence-electron chi connectivity index (χ1n) is 12.3. The monoisotopic (exact) mass is 653 g/mol. The van der Waals surface area contributed by atoms with Gasteiger partial charge in [0, 0.05) is 45.3 Å². The molecule has 0 amide bonds. The maximum atomic E-state index is 15.5. The van der Waals surface area contributed by atoms with Gasteiger partial charge in [0.25, 0.3) is 0 Å². The molecular weight excluding hydrogens is 625 g/mol. The predicted octanol–water partition coefficient (Wildman–Crippen LogP) is 2.47. The largest absolute Gasteiger partial charge is 0.309 e. The number of benzene rings is 2. The van der Waals surface area contributed by atoms with E-state index < -0.39 is 69.0 Å². The number of hydrogen-bond acceptors (Lipinski definition) is 8. The molecule has 0 aromatic heterocycles. The fourth-order valence-corrected chi connectivity index (χ4v) is 8.01. The van der Waals surface area contributed by atoms with Crippen LogP contribution in [0.2, 0.25) is 10.0 Å². The number of hydrogen-bond donors (Lipinski definition) is 0. The van der Waals surface area contributed by atoms with Crippen molar-refractivity contribution >= 4 is 55.3 Å². The van der Waals surface area contributed by atoms with E-state index in [0.717, 1.165) is 27.0 Å². The van der Waals surface area contributed by atoms with E-state index in [9.17, 15) is 30.8 Å². The predicted molar refractivity (Wildman–Crippen MR) is 150 cm³/mol. The molecule has 0 aliphatic carbocycles. The summed E-state index contributed by atoms with van der Waals surface area (Å²) in [4.78, 5) is 27.0. The molecule has 1 aliphatic heterocycles. The van der Waals surface area contributed by atoms with E-state index in [1.165, 1.54) is 7.05 Å². The minimum absolute atomic E-state index is 0.0706. The molecule has 41 heavy (non-hydrogen) atoms. The molecule has 16 heteroatoms. The lowest BCUT2D eigenvalue weighted by molar-refractivity contribution is 0.103. The zero-order chi connectivity index (χ0) is 30.9. The van der Waals surface area contributed by atoms with Crippen LogP contribution in [0.4, 0.5) is 8.78 Å². The number of nitrogens with zero attached hydrogens (tertiary/aromatic N) is 4. The SMILES string of the molecule is CN(C)CCCN(C)S(=O)(=O)c1ccc(Cl)c(C(=O)c2cc(F)c([C]=O)c(F)c2S(=O)(=O)N2CCN(C)CC2)c1Cl. The zero-order valence-electron chi connectivity index (χ0n) is 22.7. The number of carbonyl (C=O) groups is 1. The number of halogens is 4. The molecule has 0 N–H and O–H groups in total. The highest BCUT2D eigenvalue weighted by Crippen LogP contribution is 2.37. The first-order chi connectivity index (χ1) is 19.0. The molecular formula is C25H29Cl2F2N4O6S2. The van der Waals surface area contributed by atoms with Gasteiger partial charge in [-0.15, -0.1) is 0 Å². The van der Waals surface area contributed by atoms with E-state index >= 15 is 4.39 Å². The first-order valence-corrected chi connectivity index (χ1v) is 15.9. The van der Waals surface area contributed by atoms with E-state index in [0.29, 0.717) is 19.0 Å². The normalized spacial score (nSPS) is 15.6. The van der Waals surface area contributed by atoms with E-state index in [1.54, 1.807) is 7.05 Å². The van der Waals surface area contributed by atoms with E-state index in [2.05, 4.69) is 0 Å². The first kappa shape index (κ1) is 33.5. The van der Waals surface area contributed by atoms with Crippen LogP contribution < -0.4 is 0 Å². The van der Waals surface area contributed by atoms with Crippen LogP contribution in [0, 0.1) is 11.6 Å². The van der Waals surface area contributed by atoms with Gasteiger partial charge in [-0.1, -0.05) is 23.2 Å². The van der Waals surface area contributed by atoms with Gasteiger partial charge in [-0.3, -0.25) is 9.59 Å². The van der Waals surface area contributed by atoms with Crippen molar-refractivity contribution in [2.24, 2.45) is 0 Å². The molecule has 0 atom stereocenters. The van der Waals surface area contributed by atoms with Crippen LogP contribution in [-0.2, 0) is 24.8 Å². The molecule has 0 unspecified atom stereocenters. The minimum Gasteiger partial charge on any atom is -0.309 e. The topological polar surface area (TPSA) is 115 Å². The maximum absolute atomic E-state index is 15.5. The maximum Gasteiger partial charge on any atom is 0.246 e. The molecule has 10 nitrogen and oxygen atoms in total. The summed E-state index contributed by atoms with van der Waals surface area (Å²) in [5, 5.41) is -1.04. The summed E-state index contributed by atoms with van der Waals surface area (Å²) in [5.74, 6) is -4.70. The fourth-order valence-electron chi connectivity index (χ4n) is 4.25. The Labute approximate surface area is 248 Å². The Bertz CT molecular complexity index is 1560. The lowest BCUT2D eigenvalue weighted by atomic mass is 10.0. The van der Waals surface area contributed by atoms with Crippen LogP contribution in [0.3, 0.4) is 0 Å². The highest BCUT2D eigenvalue weighted by atomic mass is 35.5. The standard InChI is InChI=1S/C25H29Cl2F2N4O6S2/c1-30(2)8-5-9-32(4)40(36,37)20-7-6-18(26)21(22(20)27)24(35)16-14-19(28)17(15-34)23(29)25(16)41(38,39)33-12-10-31(3)11-13-33/h6-7,14H,5,8-13H2,1-4H3. The van der Waals surface area contributed by atoms with Gasteiger partial charge >= 0.3 is 0 Å². The van der Waals surface area contributed by atoms with Crippen molar-refractivity contribution < 1.29 is 35.2 Å². The Balaban J connectivity index is 2.19.